The maximum absolute atomic E-state index is 11.8. The normalized spacial score (nSPS) is 23.9. The molecule has 106 valence electrons. The van der Waals surface area contributed by atoms with Gasteiger partial charge in [0.25, 0.3) is 0 Å². The molecule has 0 bridgehead atoms. The molecule has 0 aromatic carbocycles. The van der Waals surface area contributed by atoms with E-state index in [0.29, 0.717) is 12.5 Å². The van der Waals surface area contributed by atoms with E-state index in [9.17, 15) is 4.79 Å². The van der Waals surface area contributed by atoms with E-state index in [1.54, 1.807) is 0 Å². The van der Waals surface area contributed by atoms with E-state index in [-0.39, 0.29) is 11.9 Å². The summed E-state index contributed by atoms with van der Waals surface area (Å²) in [6, 6.07) is 0.684. The van der Waals surface area contributed by atoms with E-state index in [1.165, 1.54) is 0 Å². The molecule has 2 N–H and O–H groups in total. The van der Waals surface area contributed by atoms with E-state index in [2.05, 4.69) is 41.5 Å². The Morgan fingerprint density at radius 1 is 1.39 bits per heavy atom. The maximum Gasteiger partial charge on any atom is 0.221 e. The molecular weight excluding hydrogens is 228 g/mol. The number of piperazine rings is 1. The molecular formula is C13H28N4O. The SMILES string of the molecule is CCNC(C)CC(=O)NCC1CN(C)CCN1C. The average molecular weight is 256 g/mol. The van der Waals surface area contributed by atoms with Crippen LogP contribution < -0.4 is 10.6 Å². The third-order valence-corrected chi connectivity index (χ3v) is 3.56. The Labute approximate surface area is 111 Å². The molecule has 5 nitrogen and oxygen atoms in total. The first kappa shape index (κ1) is 15.4. The first-order valence-corrected chi connectivity index (χ1v) is 6.91. The molecule has 1 saturated heterocycles. The second kappa shape index (κ2) is 7.71. The molecule has 1 aliphatic heterocycles. The molecule has 2 unspecified atom stereocenters. The summed E-state index contributed by atoms with van der Waals surface area (Å²) < 4.78 is 0. The van der Waals surface area contributed by atoms with Crippen LogP contribution in [0.15, 0.2) is 0 Å². The number of nitrogens with one attached hydrogen (secondary N) is 2. The van der Waals surface area contributed by atoms with Gasteiger partial charge >= 0.3 is 0 Å². The highest BCUT2D eigenvalue weighted by Crippen LogP contribution is 2.04. The van der Waals surface area contributed by atoms with Crippen molar-refractivity contribution < 1.29 is 4.79 Å². The molecule has 2 atom stereocenters. The van der Waals surface area contributed by atoms with E-state index in [1.807, 2.05) is 6.92 Å². The molecule has 0 aromatic rings. The highest BCUT2D eigenvalue weighted by molar-refractivity contribution is 5.76. The molecule has 0 aliphatic carbocycles. The van der Waals surface area contributed by atoms with Gasteiger partial charge in [0.1, 0.15) is 0 Å². The van der Waals surface area contributed by atoms with Gasteiger partial charge in [-0.1, -0.05) is 6.92 Å². The standard InChI is InChI=1S/C13H28N4O/c1-5-14-11(2)8-13(18)15-9-12-10-16(3)6-7-17(12)4/h11-12,14H,5-10H2,1-4H3,(H,15,18). The lowest BCUT2D eigenvalue weighted by Gasteiger charge is -2.37. The van der Waals surface area contributed by atoms with Crippen LogP contribution >= 0.6 is 0 Å². The number of hydrogen-bond donors (Lipinski definition) is 2. The number of nitrogens with zero attached hydrogens (tertiary/aromatic N) is 2. The van der Waals surface area contributed by atoms with Gasteiger partial charge in [-0.3, -0.25) is 9.69 Å². The summed E-state index contributed by atoms with van der Waals surface area (Å²) in [7, 11) is 4.26. The van der Waals surface area contributed by atoms with Crippen molar-refractivity contribution in [3.05, 3.63) is 0 Å². The summed E-state index contributed by atoms with van der Waals surface area (Å²) in [5, 5.41) is 6.30. The quantitative estimate of drug-likeness (QED) is 0.687. The fourth-order valence-corrected chi connectivity index (χ4v) is 2.32. The fraction of sp³-hybridized carbons (Fsp3) is 0.923. The molecule has 1 heterocycles. The van der Waals surface area contributed by atoms with Gasteiger partial charge in [0.05, 0.1) is 0 Å². The van der Waals surface area contributed by atoms with Gasteiger partial charge in [-0.25, -0.2) is 0 Å². The number of carbonyl (C=O) groups excluding carboxylic acids is 1. The summed E-state index contributed by atoms with van der Waals surface area (Å²) in [5.74, 6) is 0.144. The third-order valence-electron chi connectivity index (χ3n) is 3.56. The van der Waals surface area contributed by atoms with E-state index in [0.717, 1.165) is 32.7 Å². The predicted molar refractivity (Wildman–Crippen MR) is 74.7 cm³/mol. The Bertz CT molecular complexity index is 259. The largest absolute Gasteiger partial charge is 0.354 e. The average Bonchev–Trinajstić information content (AvgIpc) is 2.30. The lowest BCUT2D eigenvalue weighted by molar-refractivity contribution is -0.121. The Hall–Kier alpha value is -0.650. The van der Waals surface area contributed by atoms with Crippen LogP contribution in [0.25, 0.3) is 0 Å². The van der Waals surface area contributed by atoms with Crippen LogP contribution in [0.5, 0.6) is 0 Å². The smallest absolute Gasteiger partial charge is 0.221 e. The second-order valence-corrected chi connectivity index (χ2v) is 5.36. The molecule has 1 fully saturated rings. The molecule has 1 rings (SSSR count). The van der Waals surface area contributed by atoms with Gasteiger partial charge in [0.15, 0.2) is 0 Å². The van der Waals surface area contributed by atoms with Crippen molar-refractivity contribution in [2.24, 2.45) is 0 Å². The van der Waals surface area contributed by atoms with Crippen LogP contribution in [0.3, 0.4) is 0 Å². The minimum absolute atomic E-state index is 0.144. The summed E-state index contributed by atoms with van der Waals surface area (Å²) in [4.78, 5) is 16.4. The van der Waals surface area contributed by atoms with Crippen LogP contribution in [0, 0.1) is 0 Å². The van der Waals surface area contributed by atoms with Gasteiger partial charge in [-0.15, -0.1) is 0 Å². The van der Waals surface area contributed by atoms with E-state index < -0.39 is 0 Å². The first-order valence-electron chi connectivity index (χ1n) is 6.91. The lowest BCUT2D eigenvalue weighted by Crippen LogP contribution is -2.54. The Morgan fingerprint density at radius 2 is 2.11 bits per heavy atom. The van der Waals surface area contributed by atoms with Crippen LogP contribution in [0.2, 0.25) is 0 Å². The van der Waals surface area contributed by atoms with Gasteiger partial charge in [0, 0.05) is 44.7 Å². The van der Waals surface area contributed by atoms with Gasteiger partial charge < -0.3 is 15.5 Å². The second-order valence-electron chi connectivity index (χ2n) is 5.36. The van der Waals surface area contributed by atoms with Crippen molar-refractivity contribution in [2.45, 2.75) is 32.4 Å². The highest BCUT2D eigenvalue weighted by Gasteiger charge is 2.22. The Morgan fingerprint density at radius 3 is 2.78 bits per heavy atom. The molecule has 0 saturated carbocycles. The van der Waals surface area contributed by atoms with Crippen molar-refractivity contribution in [3.63, 3.8) is 0 Å². The Balaban J connectivity index is 2.24. The van der Waals surface area contributed by atoms with Gasteiger partial charge in [-0.05, 0) is 27.6 Å². The molecule has 0 radical (unpaired) electrons. The summed E-state index contributed by atoms with van der Waals surface area (Å²) in [6.07, 6.45) is 0.556. The van der Waals surface area contributed by atoms with Crippen molar-refractivity contribution in [2.75, 3.05) is 46.8 Å². The van der Waals surface area contributed by atoms with Crippen molar-refractivity contribution in [3.8, 4) is 0 Å². The monoisotopic (exact) mass is 256 g/mol. The summed E-state index contributed by atoms with van der Waals surface area (Å²) >= 11 is 0. The molecule has 1 aliphatic rings. The minimum Gasteiger partial charge on any atom is -0.354 e. The zero-order valence-electron chi connectivity index (χ0n) is 12.2. The van der Waals surface area contributed by atoms with Crippen molar-refractivity contribution in [1.82, 2.24) is 20.4 Å². The number of amides is 1. The lowest BCUT2D eigenvalue weighted by atomic mass is 10.1. The van der Waals surface area contributed by atoms with E-state index in [4.69, 9.17) is 0 Å². The van der Waals surface area contributed by atoms with Crippen LogP contribution in [0.1, 0.15) is 20.3 Å². The third kappa shape index (κ3) is 5.33. The van der Waals surface area contributed by atoms with Gasteiger partial charge in [0.2, 0.25) is 5.91 Å². The zero-order valence-corrected chi connectivity index (χ0v) is 12.2. The molecule has 0 aromatic heterocycles. The van der Waals surface area contributed by atoms with Crippen LogP contribution in [0.4, 0.5) is 0 Å². The number of carbonyl (C=O) groups is 1. The molecule has 0 spiro atoms. The molecule has 1 amide bonds. The summed E-state index contributed by atoms with van der Waals surface area (Å²) in [6.45, 7) is 8.97. The minimum atomic E-state index is 0.144. The summed E-state index contributed by atoms with van der Waals surface area (Å²) in [5.41, 5.74) is 0. The molecule has 18 heavy (non-hydrogen) atoms. The van der Waals surface area contributed by atoms with Crippen molar-refractivity contribution >= 4 is 5.91 Å². The van der Waals surface area contributed by atoms with Crippen LogP contribution in [-0.2, 0) is 4.79 Å². The Kier molecular flexibility index (Phi) is 6.60. The maximum atomic E-state index is 11.8. The predicted octanol–water partition coefficient (Wildman–Crippen LogP) is -0.263. The number of rotatable bonds is 6. The highest BCUT2D eigenvalue weighted by atomic mass is 16.1. The fourth-order valence-electron chi connectivity index (χ4n) is 2.32. The topological polar surface area (TPSA) is 47.6 Å². The number of hydrogen-bond acceptors (Lipinski definition) is 4. The van der Waals surface area contributed by atoms with Crippen LogP contribution in [-0.4, -0.2) is 74.6 Å². The van der Waals surface area contributed by atoms with Crippen molar-refractivity contribution in [1.29, 1.82) is 0 Å². The van der Waals surface area contributed by atoms with E-state index >= 15 is 0 Å². The zero-order chi connectivity index (χ0) is 13.5. The van der Waals surface area contributed by atoms with Gasteiger partial charge in [-0.2, -0.15) is 0 Å². The molecule has 5 heteroatoms. The first-order chi connectivity index (χ1) is 8.52. The number of likely N-dealkylation sites (N-methyl/N-ethyl adjacent to an activating group) is 2.